The normalized spacial score (nSPS) is 13.0. The lowest BCUT2D eigenvalue weighted by Crippen LogP contribution is -2.48. The highest BCUT2D eigenvalue weighted by Crippen LogP contribution is 2.24. The van der Waals surface area contributed by atoms with Gasteiger partial charge < -0.3 is 24.6 Å². The van der Waals surface area contributed by atoms with Crippen LogP contribution in [0.25, 0.3) is 0 Å². The van der Waals surface area contributed by atoms with Gasteiger partial charge in [0.15, 0.2) is 6.04 Å². The number of rotatable bonds is 6. The molecule has 21 heavy (non-hydrogen) atoms. The van der Waals surface area contributed by atoms with Gasteiger partial charge in [-0.2, -0.15) is 0 Å². The van der Waals surface area contributed by atoms with E-state index in [4.69, 9.17) is 9.47 Å². The Morgan fingerprint density at radius 1 is 1.19 bits per heavy atom. The average molecular weight is 297 g/mol. The second kappa shape index (κ2) is 7.49. The Kier molecular flexibility index (Phi) is 5.98. The second-order valence-corrected chi connectivity index (χ2v) is 4.28. The first kappa shape index (κ1) is 16.8. The van der Waals surface area contributed by atoms with Crippen molar-refractivity contribution in [2.24, 2.45) is 0 Å². The van der Waals surface area contributed by atoms with E-state index in [1.807, 2.05) is 0 Å². The maximum absolute atomic E-state index is 12.2. The summed E-state index contributed by atoms with van der Waals surface area (Å²) in [5.74, 6) is -0.471. The summed E-state index contributed by atoms with van der Waals surface area (Å²) in [5, 5.41) is 12.0. The van der Waals surface area contributed by atoms with Crippen LogP contribution in [0.2, 0.25) is 0 Å². The third-order valence-electron chi connectivity index (χ3n) is 2.88. The van der Waals surface area contributed by atoms with E-state index < -0.39 is 24.0 Å². The van der Waals surface area contributed by atoms with Gasteiger partial charge in [-0.3, -0.25) is 4.79 Å². The number of methoxy groups -OCH3 is 3. The standard InChI is InChI=1S/C14H19NO6/c1-8(16)12(14(18)21-4)15-13(17)10-6-5-9(19-2)7-11(10)20-3/h5-8,12,16H,1-4H3,(H,15,17). The van der Waals surface area contributed by atoms with Gasteiger partial charge in [0.05, 0.1) is 33.0 Å². The molecule has 0 aromatic heterocycles. The number of aliphatic hydroxyl groups excluding tert-OH is 1. The minimum Gasteiger partial charge on any atom is -0.497 e. The fourth-order valence-electron chi connectivity index (χ4n) is 1.71. The van der Waals surface area contributed by atoms with Gasteiger partial charge in [-0.25, -0.2) is 4.79 Å². The molecular formula is C14H19NO6. The number of ether oxygens (including phenoxy) is 3. The van der Waals surface area contributed by atoms with Gasteiger partial charge in [-0.15, -0.1) is 0 Å². The summed E-state index contributed by atoms with van der Waals surface area (Å²) in [5.41, 5.74) is 0.216. The third-order valence-corrected chi connectivity index (χ3v) is 2.88. The first-order valence-electron chi connectivity index (χ1n) is 6.23. The van der Waals surface area contributed by atoms with Gasteiger partial charge in [-0.05, 0) is 19.1 Å². The van der Waals surface area contributed by atoms with Gasteiger partial charge >= 0.3 is 5.97 Å². The largest absolute Gasteiger partial charge is 0.497 e. The van der Waals surface area contributed by atoms with Crippen molar-refractivity contribution in [2.75, 3.05) is 21.3 Å². The van der Waals surface area contributed by atoms with Gasteiger partial charge in [0.25, 0.3) is 5.91 Å². The van der Waals surface area contributed by atoms with E-state index in [0.29, 0.717) is 11.5 Å². The van der Waals surface area contributed by atoms with Crippen molar-refractivity contribution < 1.29 is 28.9 Å². The van der Waals surface area contributed by atoms with Crippen LogP contribution < -0.4 is 14.8 Å². The summed E-state index contributed by atoms with van der Waals surface area (Å²) < 4.78 is 14.7. The van der Waals surface area contributed by atoms with Crippen LogP contribution in [-0.4, -0.2) is 50.5 Å². The molecule has 0 saturated carbocycles. The number of carbonyl (C=O) groups excluding carboxylic acids is 2. The lowest BCUT2D eigenvalue weighted by atomic mass is 10.1. The molecule has 1 aromatic carbocycles. The molecule has 2 atom stereocenters. The van der Waals surface area contributed by atoms with E-state index in [1.165, 1.54) is 34.3 Å². The van der Waals surface area contributed by atoms with E-state index in [1.54, 1.807) is 12.1 Å². The Bertz CT molecular complexity index is 514. The molecule has 0 saturated heterocycles. The lowest BCUT2D eigenvalue weighted by Gasteiger charge is -2.19. The Labute approximate surface area is 122 Å². The molecule has 1 amide bonds. The highest BCUT2D eigenvalue weighted by molar-refractivity contribution is 5.99. The van der Waals surface area contributed by atoms with Crippen LogP contribution in [0.4, 0.5) is 0 Å². The SMILES string of the molecule is COC(=O)C(NC(=O)c1ccc(OC)cc1OC)C(C)O. The van der Waals surface area contributed by atoms with Crippen LogP contribution in [0.1, 0.15) is 17.3 Å². The van der Waals surface area contributed by atoms with Crippen molar-refractivity contribution in [2.45, 2.75) is 19.1 Å². The Hall–Kier alpha value is -2.28. The summed E-state index contributed by atoms with van der Waals surface area (Å²) in [4.78, 5) is 23.7. The Balaban J connectivity index is 3.00. The molecular weight excluding hydrogens is 278 g/mol. The predicted molar refractivity (Wildman–Crippen MR) is 74.5 cm³/mol. The quantitative estimate of drug-likeness (QED) is 0.736. The van der Waals surface area contributed by atoms with Gasteiger partial charge in [-0.1, -0.05) is 0 Å². The molecule has 2 N–H and O–H groups in total. The van der Waals surface area contributed by atoms with Crippen LogP contribution in [0.15, 0.2) is 18.2 Å². The molecule has 116 valence electrons. The highest BCUT2D eigenvalue weighted by Gasteiger charge is 2.27. The second-order valence-electron chi connectivity index (χ2n) is 4.28. The van der Waals surface area contributed by atoms with Gasteiger partial charge in [0.2, 0.25) is 0 Å². The number of hydrogen-bond acceptors (Lipinski definition) is 6. The molecule has 7 heteroatoms. The van der Waals surface area contributed by atoms with Crippen molar-refractivity contribution in [3.63, 3.8) is 0 Å². The van der Waals surface area contributed by atoms with E-state index in [-0.39, 0.29) is 5.56 Å². The molecule has 0 heterocycles. The number of aliphatic hydroxyl groups is 1. The van der Waals surface area contributed by atoms with E-state index in [9.17, 15) is 14.7 Å². The molecule has 1 aromatic rings. The monoisotopic (exact) mass is 297 g/mol. The number of carbonyl (C=O) groups is 2. The molecule has 0 aliphatic heterocycles. The Morgan fingerprint density at radius 3 is 2.33 bits per heavy atom. The van der Waals surface area contributed by atoms with E-state index in [0.717, 1.165) is 0 Å². The smallest absolute Gasteiger partial charge is 0.331 e. The first-order chi connectivity index (χ1) is 9.94. The number of esters is 1. The molecule has 0 aliphatic rings. The summed E-state index contributed by atoms with van der Waals surface area (Å²) in [6.45, 7) is 1.38. The zero-order valence-corrected chi connectivity index (χ0v) is 12.4. The van der Waals surface area contributed by atoms with Crippen molar-refractivity contribution in [1.82, 2.24) is 5.32 Å². The molecule has 0 aliphatic carbocycles. The van der Waals surface area contributed by atoms with Crippen molar-refractivity contribution in [3.05, 3.63) is 23.8 Å². The van der Waals surface area contributed by atoms with Crippen LogP contribution in [-0.2, 0) is 9.53 Å². The molecule has 0 fully saturated rings. The topological polar surface area (TPSA) is 94.1 Å². The number of amides is 1. The first-order valence-corrected chi connectivity index (χ1v) is 6.23. The molecule has 0 radical (unpaired) electrons. The maximum Gasteiger partial charge on any atom is 0.331 e. The zero-order valence-electron chi connectivity index (χ0n) is 12.4. The molecule has 0 bridgehead atoms. The van der Waals surface area contributed by atoms with Crippen LogP contribution >= 0.6 is 0 Å². The van der Waals surface area contributed by atoms with Crippen LogP contribution in [0.3, 0.4) is 0 Å². The number of benzene rings is 1. The fraction of sp³-hybridized carbons (Fsp3) is 0.429. The van der Waals surface area contributed by atoms with Gasteiger partial charge in [0, 0.05) is 6.07 Å². The minimum atomic E-state index is -1.16. The lowest BCUT2D eigenvalue weighted by molar-refractivity contribution is -0.145. The molecule has 7 nitrogen and oxygen atoms in total. The summed E-state index contributed by atoms with van der Waals surface area (Å²) in [6, 6.07) is 3.48. The fourth-order valence-corrected chi connectivity index (χ4v) is 1.71. The minimum absolute atomic E-state index is 0.216. The summed E-state index contributed by atoms with van der Waals surface area (Å²) in [7, 11) is 4.09. The van der Waals surface area contributed by atoms with E-state index in [2.05, 4.69) is 10.1 Å². The Morgan fingerprint density at radius 2 is 1.86 bits per heavy atom. The average Bonchev–Trinajstić information content (AvgIpc) is 2.50. The predicted octanol–water partition coefficient (Wildman–Crippen LogP) is 0.356. The third kappa shape index (κ3) is 4.09. The maximum atomic E-state index is 12.2. The summed E-state index contributed by atoms with van der Waals surface area (Å²) >= 11 is 0. The van der Waals surface area contributed by atoms with Crippen molar-refractivity contribution >= 4 is 11.9 Å². The zero-order chi connectivity index (χ0) is 16.0. The van der Waals surface area contributed by atoms with E-state index >= 15 is 0 Å². The van der Waals surface area contributed by atoms with Crippen molar-refractivity contribution in [1.29, 1.82) is 0 Å². The molecule has 0 spiro atoms. The van der Waals surface area contributed by atoms with Crippen LogP contribution in [0, 0.1) is 0 Å². The van der Waals surface area contributed by atoms with Gasteiger partial charge in [0.1, 0.15) is 11.5 Å². The number of nitrogens with one attached hydrogen (secondary N) is 1. The number of hydrogen-bond donors (Lipinski definition) is 2. The van der Waals surface area contributed by atoms with Crippen LogP contribution in [0.5, 0.6) is 11.5 Å². The van der Waals surface area contributed by atoms with Crippen molar-refractivity contribution in [3.8, 4) is 11.5 Å². The summed E-state index contributed by atoms with van der Waals surface area (Å²) in [6.07, 6.45) is -1.09. The highest BCUT2D eigenvalue weighted by atomic mass is 16.5. The molecule has 1 rings (SSSR count). The molecule has 2 unspecified atom stereocenters.